The van der Waals surface area contributed by atoms with E-state index < -0.39 is 12.0 Å². The monoisotopic (exact) mass is 275 g/mol. The zero-order valence-electron chi connectivity index (χ0n) is 9.25. The van der Waals surface area contributed by atoms with Crippen molar-refractivity contribution in [2.45, 2.75) is 6.04 Å². The van der Waals surface area contributed by atoms with Gasteiger partial charge in [0.2, 0.25) is 0 Å². The molecule has 0 saturated carbocycles. The highest BCUT2D eigenvalue weighted by molar-refractivity contribution is 7.80. The van der Waals surface area contributed by atoms with Crippen molar-refractivity contribution in [3.63, 3.8) is 0 Å². The molecule has 0 radical (unpaired) electrons. The number of hydrogen-bond donors (Lipinski definition) is 2. The minimum Gasteiger partial charge on any atom is -0.467 e. The second-order valence-electron chi connectivity index (χ2n) is 3.10. The van der Waals surface area contributed by atoms with Crippen LogP contribution in [0.4, 0.5) is 0 Å². The average molecular weight is 276 g/mol. The Balaban J connectivity index is 0.00000256. The molecule has 0 bridgehead atoms. The third-order valence-corrected chi connectivity index (χ3v) is 2.37. The zero-order valence-corrected chi connectivity index (χ0v) is 11.0. The molecule has 0 aliphatic rings. The molecule has 0 aliphatic carbocycles. The van der Waals surface area contributed by atoms with Crippen molar-refractivity contribution in [2.75, 3.05) is 12.9 Å². The van der Waals surface area contributed by atoms with Gasteiger partial charge >= 0.3 is 5.97 Å². The highest BCUT2D eigenvalue weighted by Gasteiger charge is 2.20. The molecule has 0 fully saturated rings. The smallest absolute Gasteiger partial charge is 0.329 e. The zero-order chi connectivity index (χ0) is 12.0. The molecule has 94 valence electrons. The molecule has 1 N–H and O–H groups in total. The fourth-order valence-corrected chi connectivity index (χ4v) is 1.39. The molecular formula is C11H14ClNO3S. The lowest BCUT2D eigenvalue weighted by Gasteiger charge is -2.13. The Labute approximate surface area is 112 Å². The van der Waals surface area contributed by atoms with Crippen LogP contribution in [-0.4, -0.2) is 30.8 Å². The van der Waals surface area contributed by atoms with Crippen LogP contribution in [0, 0.1) is 0 Å². The predicted octanol–water partition coefficient (Wildman–Crippen LogP) is 1.31. The summed E-state index contributed by atoms with van der Waals surface area (Å²) >= 11 is 3.98. The summed E-state index contributed by atoms with van der Waals surface area (Å²) < 4.78 is 4.54. The molecule has 0 saturated heterocycles. The number of ether oxygens (including phenoxy) is 1. The maximum absolute atomic E-state index is 11.7. The quantitative estimate of drug-likeness (QED) is 0.643. The van der Waals surface area contributed by atoms with Crippen LogP contribution in [0.2, 0.25) is 0 Å². The third kappa shape index (κ3) is 4.66. The van der Waals surface area contributed by atoms with Gasteiger partial charge in [-0.2, -0.15) is 12.6 Å². The Morgan fingerprint density at radius 3 is 2.41 bits per heavy atom. The Bertz CT molecular complexity index is 372. The normalized spacial score (nSPS) is 10.9. The molecule has 17 heavy (non-hydrogen) atoms. The van der Waals surface area contributed by atoms with E-state index in [0.29, 0.717) is 5.56 Å². The largest absolute Gasteiger partial charge is 0.467 e. The van der Waals surface area contributed by atoms with Crippen LogP contribution < -0.4 is 5.32 Å². The number of nitrogens with one attached hydrogen (secondary N) is 1. The van der Waals surface area contributed by atoms with E-state index in [2.05, 4.69) is 22.7 Å². The van der Waals surface area contributed by atoms with Crippen LogP contribution in [0.3, 0.4) is 0 Å². The van der Waals surface area contributed by atoms with Crippen molar-refractivity contribution in [1.29, 1.82) is 0 Å². The lowest BCUT2D eigenvalue weighted by Crippen LogP contribution is -2.42. The third-order valence-electron chi connectivity index (χ3n) is 2.01. The second kappa shape index (κ2) is 7.97. The standard InChI is InChI=1S/C11H13NO3S.ClH/c1-15-11(14)9(7-16)12-10(13)8-5-3-2-4-6-8;/h2-6,9,16H,7H2,1H3,(H,12,13);1H/t9-;/m0./s1. The molecule has 0 aromatic heterocycles. The minimum atomic E-state index is -0.721. The van der Waals surface area contributed by atoms with E-state index in [-0.39, 0.29) is 24.1 Å². The topological polar surface area (TPSA) is 55.4 Å². The van der Waals surface area contributed by atoms with Gasteiger partial charge in [0.25, 0.3) is 5.91 Å². The summed E-state index contributed by atoms with van der Waals surface area (Å²) in [5.41, 5.74) is 0.498. The fourth-order valence-electron chi connectivity index (χ4n) is 1.15. The molecule has 0 aliphatic heterocycles. The SMILES string of the molecule is COC(=O)[C@H](CS)NC(=O)c1ccccc1.Cl. The first-order chi connectivity index (χ1) is 7.69. The maximum atomic E-state index is 11.7. The van der Waals surface area contributed by atoms with Crippen LogP contribution in [0.5, 0.6) is 0 Å². The van der Waals surface area contributed by atoms with Crippen molar-refractivity contribution >= 4 is 36.9 Å². The number of rotatable bonds is 4. The number of carbonyl (C=O) groups is 2. The number of carbonyl (C=O) groups excluding carboxylic acids is 2. The van der Waals surface area contributed by atoms with Gasteiger partial charge in [-0.15, -0.1) is 12.4 Å². The Kier molecular flexibility index (Phi) is 7.41. The van der Waals surface area contributed by atoms with Gasteiger partial charge in [0.1, 0.15) is 6.04 Å². The van der Waals surface area contributed by atoms with E-state index in [0.717, 1.165) is 0 Å². The Hall–Kier alpha value is -1.20. The summed E-state index contributed by atoms with van der Waals surface area (Å²) in [7, 11) is 1.27. The van der Waals surface area contributed by atoms with Gasteiger partial charge in [-0.3, -0.25) is 4.79 Å². The molecule has 0 heterocycles. The fraction of sp³-hybridized carbons (Fsp3) is 0.273. The van der Waals surface area contributed by atoms with Crippen LogP contribution >= 0.6 is 25.0 Å². The molecule has 1 atom stereocenters. The molecule has 0 unspecified atom stereocenters. The van der Waals surface area contributed by atoms with Crippen LogP contribution in [0.1, 0.15) is 10.4 Å². The Morgan fingerprint density at radius 2 is 1.94 bits per heavy atom. The lowest BCUT2D eigenvalue weighted by atomic mass is 10.2. The van der Waals surface area contributed by atoms with Crippen LogP contribution in [0.15, 0.2) is 30.3 Å². The highest BCUT2D eigenvalue weighted by atomic mass is 35.5. The molecular weight excluding hydrogens is 262 g/mol. The van der Waals surface area contributed by atoms with E-state index in [1.807, 2.05) is 6.07 Å². The van der Waals surface area contributed by atoms with Crippen molar-refractivity contribution in [3.8, 4) is 0 Å². The molecule has 4 nitrogen and oxygen atoms in total. The van der Waals surface area contributed by atoms with E-state index in [9.17, 15) is 9.59 Å². The second-order valence-corrected chi connectivity index (χ2v) is 3.46. The van der Waals surface area contributed by atoms with E-state index in [1.54, 1.807) is 24.3 Å². The molecule has 6 heteroatoms. The number of benzene rings is 1. The predicted molar refractivity (Wildman–Crippen MR) is 70.8 cm³/mol. The first-order valence-corrected chi connectivity index (χ1v) is 5.37. The van der Waals surface area contributed by atoms with E-state index in [4.69, 9.17) is 0 Å². The van der Waals surface area contributed by atoms with Gasteiger partial charge in [0.15, 0.2) is 0 Å². The van der Waals surface area contributed by atoms with Crippen molar-refractivity contribution in [1.82, 2.24) is 5.32 Å². The van der Waals surface area contributed by atoms with Gasteiger partial charge in [0.05, 0.1) is 7.11 Å². The van der Waals surface area contributed by atoms with Gasteiger partial charge in [-0.05, 0) is 12.1 Å². The number of hydrogen-bond acceptors (Lipinski definition) is 4. The van der Waals surface area contributed by atoms with Crippen LogP contribution in [-0.2, 0) is 9.53 Å². The summed E-state index contributed by atoms with van der Waals surface area (Å²) in [4.78, 5) is 22.9. The molecule has 1 rings (SSSR count). The summed E-state index contributed by atoms with van der Waals surface area (Å²) in [5, 5.41) is 2.54. The van der Waals surface area contributed by atoms with Gasteiger partial charge in [0, 0.05) is 11.3 Å². The number of amides is 1. The first-order valence-electron chi connectivity index (χ1n) is 4.73. The maximum Gasteiger partial charge on any atom is 0.329 e. The Morgan fingerprint density at radius 1 is 1.35 bits per heavy atom. The van der Waals surface area contributed by atoms with E-state index >= 15 is 0 Å². The number of halogens is 1. The number of esters is 1. The van der Waals surface area contributed by atoms with Crippen molar-refractivity contribution in [2.24, 2.45) is 0 Å². The summed E-state index contributed by atoms with van der Waals surface area (Å²) in [6.45, 7) is 0. The van der Waals surface area contributed by atoms with Gasteiger partial charge < -0.3 is 10.1 Å². The number of methoxy groups -OCH3 is 1. The average Bonchev–Trinajstić information content (AvgIpc) is 2.35. The molecule has 1 aromatic carbocycles. The molecule has 1 amide bonds. The van der Waals surface area contributed by atoms with Gasteiger partial charge in [-0.25, -0.2) is 4.79 Å². The molecule has 1 aromatic rings. The van der Waals surface area contributed by atoms with Crippen LogP contribution in [0.25, 0.3) is 0 Å². The number of thiol groups is 1. The summed E-state index contributed by atoms with van der Waals surface area (Å²) in [5.74, 6) is -0.616. The van der Waals surface area contributed by atoms with Gasteiger partial charge in [-0.1, -0.05) is 18.2 Å². The summed E-state index contributed by atoms with van der Waals surface area (Å²) in [6, 6.07) is 7.93. The first kappa shape index (κ1) is 15.8. The molecule has 0 spiro atoms. The van der Waals surface area contributed by atoms with E-state index in [1.165, 1.54) is 7.11 Å². The van der Waals surface area contributed by atoms with Crippen molar-refractivity contribution in [3.05, 3.63) is 35.9 Å². The minimum absolute atomic E-state index is 0. The summed E-state index contributed by atoms with van der Waals surface area (Å²) in [6.07, 6.45) is 0. The highest BCUT2D eigenvalue weighted by Crippen LogP contribution is 2.00. The lowest BCUT2D eigenvalue weighted by molar-refractivity contribution is -0.142. The van der Waals surface area contributed by atoms with Crippen molar-refractivity contribution < 1.29 is 14.3 Å².